The second kappa shape index (κ2) is 30.4. The highest BCUT2D eigenvalue weighted by molar-refractivity contribution is 8.13. The molecular weight excluding hydrogens is 1070 g/mol. The van der Waals surface area contributed by atoms with Gasteiger partial charge in [0.05, 0.1) is 38.2 Å². The Morgan fingerprint density at radius 1 is 0.905 bits per heavy atom. The fourth-order valence-electron chi connectivity index (χ4n) is 6.34. The van der Waals surface area contributed by atoms with Crippen LogP contribution in [0.1, 0.15) is 71.4 Å². The third-order valence-electron chi connectivity index (χ3n) is 10.1. The number of nitrogens with two attached hydrogens (primary N) is 1. The largest absolute Gasteiger partial charge is 0.481 e. The number of aliphatic hydroxyl groups is 4. The van der Waals surface area contributed by atoms with Gasteiger partial charge in [-0.3, -0.25) is 42.1 Å². The average molecular weight is 1130 g/mol. The Balaban J connectivity index is 1.31. The molecule has 1 aliphatic heterocycles. The number of imidazole rings is 1. The highest BCUT2D eigenvalue weighted by Gasteiger charge is 2.50. The predicted octanol–water partition coefficient (Wildman–Crippen LogP) is 0.996. The zero-order chi connectivity index (χ0) is 55.3. The Morgan fingerprint density at radius 3 is 2.26 bits per heavy atom. The molecule has 0 saturated carbocycles. The Bertz CT molecular complexity index is 2490. The lowest BCUT2D eigenvalue weighted by atomic mass is 9.87. The first kappa shape index (κ1) is 63.9. The standard InChI is InChI=1S/C41H62N7O22P3S/c1-41(2,23-67-73(64,65)70-72(62,63)66-22-29-35(69-71(59,60)61)34(56)40(68-29)48-25-47-33-37(42)45-24-46-38(33)48)36(57)39(58)44-18-17-30(52)43-19-20-74-32(55)21-28(51)14-9-5-8-13-26(49)11-6-3-4-7-12-27(50)15-10-16-31(53)54/h3-8,11-12,24-27,29,34-36,40,49-50,56-57H,9-10,13-23H2,1-2H3,(H,43,52)(H,44,58)(H,53,54)(H,62,63)(H,64,65)(H2,42,45,46)(H2,59,60,61)/b4-3+,8-5-,11-6+,12-7-/t26-,27+,29-,34+,35+,36?,40-/m1/s1. The van der Waals surface area contributed by atoms with Crippen LogP contribution < -0.4 is 16.4 Å². The topological polar surface area (TPSA) is 458 Å². The molecule has 33 heteroatoms. The number of allylic oxidation sites excluding steroid dienone is 5. The first-order chi connectivity index (χ1) is 34.6. The molecule has 2 amide bonds. The first-order valence-corrected chi connectivity index (χ1v) is 27.9. The minimum absolute atomic E-state index is 0.0119. The number of rotatable bonds is 34. The van der Waals surface area contributed by atoms with E-state index in [2.05, 4.69) is 34.4 Å². The normalized spacial score (nSPS) is 20.5. The van der Waals surface area contributed by atoms with Crippen molar-refractivity contribution in [2.24, 2.45) is 5.41 Å². The van der Waals surface area contributed by atoms with Crippen LogP contribution in [0.25, 0.3) is 11.2 Å². The summed E-state index contributed by atoms with van der Waals surface area (Å²) in [5.41, 5.74) is 4.18. The van der Waals surface area contributed by atoms with Gasteiger partial charge in [0.15, 0.2) is 22.8 Å². The van der Waals surface area contributed by atoms with Crippen molar-refractivity contribution in [3.05, 3.63) is 61.3 Å². The molecule has 29 nitrogen and oxygen atoms in total. The van der Waals surface area contributed by atoms with Crippen LogP contribution in [0.2, 0.25) is 0 Å². The minimum atomic E-state index is -5.62. The molecule has 1 saturated heterocycles. The van der Waals surface area contributed by atoms with Gasteiger partial charge in [0.1, 0.15) is 42.0 Å². The fourth-order valence-corrected chi connectivity index (χ4v) is 9.87. The summed E-state index contributed by atoms with van der Waals surface area (Å²) in [5.74, 6) is -2.70. The number of aromatic nitrogens is 4. The van der Waals surface area contributed by atoms with Crippen LogP contribution in [0.15, 0.2) is 61.3 Å². The van der Waals surface area contributed by atoms with E-state index in [0.717, 1.165) is 29.0 Å². The van der Waals surface area contributed by atoms with Gasteiger partial charge < -0.3 is 66.2 Å². The lowest BCUT2D eigenvalue weighted by Gasteiger charge is -2.30. The van der Waals surface area contributed by atoms with Crippen molar-refractivity contribution in [2.75, 3.05) is 37.8 Å². The Kier molecular flexibility index (Phi) is 26.2. The number of ether oxygens (including phenoxy) is 1. The monoisotopic (exact) mass is 1130 g/mol. The van der Waals surface area contributed by atoms with E-state index in [4.69, 9.17) is 24.6 Å². The van der Waals surface area contributed by atoms with Crippen LogP contribution in [0.5, 0.6) is 0 Å². The Labute approximate surface area is 427 Å². The van der Waals surface area contributed by atoms with Gasteiger partial charge in [0.2, 0.25) is 11.8 Å². The highest BCUT2D eigenvalue weighted by Crippen LogP contribution is 2.61. The molecule has 3 unspecified atom stereocenters. The molecule has 0 radical (unpaired) electrons. The zero-order valence-electron chi connectivity index (χ0n) is 40.0. The van der Waals surface area contributed by atoms with Gasteiger partial charge >= 0.3 is 29.4 Å². The average Bonchev–Trinajstić information content (AvgIpc) is 3.86. The summed E-state index contributed by atoms with van der Waals surface area (Å²) in [5, 5.41) is 54.5. The second-order valence-corrected chi connectivity index (χ2v) is 22.2. The number of Topliss-reactive ketones (excluding diaryl/α,β-unsaturated/α-hetero) is 1. The number of hydrogen-bond donors (Lipinski definition) is 12. The number of fused-ring (bicyclic) bond motifs is 1. The smallest absolute Gasteiger partial charge is 0.481 e. The number of carboxylic acid groups (broad SMARTS) is 1. The Hall–Kier alpha value is -4.42. The third-order valence-corrected chi connectivity index (χ3v) is 14.1. The van der Waals surface area contributed by atoms with E-state index in [-0.39, 0.29) is 73.7 Å². The summed E-state index contributed by atoms with van der Waals surface area (Å²) >= 11 is 0.843. The van der Waals surface area contributed by atoms with Gasteiger partial charge in [-0.25, -0.2) is 28.6 Å². The lowest BCUT2D eigenvalue weighted by Crippen LogP contribution is -2.46. The third kappa shape index (κ3) is 23.6. The molecule has 3 rings (SSSR count). The maximum absolute atomic E-state index is 12.7. The number of carbonyl (C=O) groups excluding carboxylic acids is 4. The van der Waals surface area contributed by atoms with Gasteiger partial charge in [-0.2, -0.15) is 4.31 Å². The summed E-state index contributed by atoms with van der Waals surface area (Å²) < 4.78 is 62.3. The maximum Gasteiger partial charge on any atom is 0.481 e. The zero-order valence-corrected chi connectivity index (χ0v) is 43.5. The van der Waals surface area contributed by atoms with Crippen molar-refractivity contribution in [3.8, 4) is 0 Å². The highest BCUT2D eigenvalue weighted by atomic mass is 32.2. The van der Waals surface area contributed by atoms with E-state index in [9.17, 15) is 77.7 Å². The number of anilines is 1. The number of phosphoric acid groups is 3. The SMILES string of the molecule is CC(C)(COP(=O)(O)OP(=O)(O)OC[C@H]1O[C@@H](n2cnc3c(N)ncnc32)[C@@H](O)[C@H]1OP(=O)(O)O)C(O)C(=O)NCCC(=O)NCCSC(=O)CC(=O)CC/C=C\C[C@H](O)/C=C/C=C/C=C\[C@H](O)CCCC(=O)O. The molecule has 9 atom stereocenters. The van der Waals surface area contributed by atoms with Gasteiger partial charge in [-0.05, 0) is 25.7 Å². The summed E-state index contributed by atoms with van der Waals surface area (Å²) in [6, 6.07) is 0. The number of amides is 2. The molecule has 1 fully saturated rings. The van der Waals surface area contributed by atoms with Crippen LogP contribution in [-0.4, -0.2) is 162 Å². The molecule has 414 valence electrons. The first-order valence-electron chi connectivity index (χ1n) is 22.4. The summed E-state index contributed by atoms with van der Waals surface area (Å²) in [6.07, 6.45) is 5.39. The number of nitrogens with one attached hydrogen (secondary N) is 2. The molecule has 0 aromatic carbocycles. The quantitative estimate of drug-likeness (QED) is 0.0153. The van der Waals surface area contributed by atoms with Crippen LogP contribution >= 0.6 is 35.2 Å². The number of nitrogen functional groups attached to an aromatic ring is 1. The lowest BCUT2D eigenvalue weighted by molar-refractivity contribution is -0.138. The van der Waals surface area contributed by atoms with E-state index in [1.165, 1.54) is 19.9 Å². The van der Waals surface area contributed by atoms with E-state index >= 15 is 0 Å². The number of carboxylic acids is 1. The summed E-state index contributed by atoms with van der Waals surface area (Å²) in [4.78, 5) is 111. The number of ketones is 1. The molecule has 2 aromatic heterocycles. The number of aliphatic hydroxyl groups excluding tert-OH is 4. The number of carbonyl (C=O) groups is 5. The fraction of sp³-hybridized carbons (Fsp3) is 0.561. The second-order valence-electron chi connectivity index (χ2n) is 16.8. The summed E-state index contributed by atoms with van der Waals surface area (Å²) in [6.45, 7) is 0.116. The van der Waals surface area contributed by atoms with Gasteiger partial charge in [-0.1, -0.05) is 74.2 Å². The Morgan fingerprint density at radius 2 is 1.58 bits per heavy atom. The van der Waals surface area contributed by atoms with Crippen molar-refractivity contribution >= 4 is 80.9 Å². The molecule has 1 aliphatic rings. The van der Waals surface area contributed by atoms with Crippen LogP contribution in [0.3, 0.4) is 0 Å². The van der Waals surface area contributed by atoms with E-state index < -0.39 is 108 Å². The van der Waals surface area contributed by atoms with Crippen LogP contribution in [-0.2, 0) is 60.3 Å². The predicted molar refractivity (Wildman–Crippen MR) is 261 cm³/mol. The molecule has 2 aromatic rings. The number of nitrogens with zero attached hydrogens (tertiary/aromatic N) is 4. The molecule has 0 spiro atoms. The van der Waals surface area contributed by atoms with E-state index in [1.807, 2.05) is 0 Å². The van der Waals surface area contributed by atoms with Crippen LogP contribution in [0, 0.1) is 5.41 Å². The number of aliphatic carboxylic acids is 1. The van der Waals surface area contributed by atoms with E-state index in [0.29, 0.717) is 19.3 Å². The molecule has 13 N–H and O–H groups in total. The van der Waals surface area contributed by atoms with Crippen molar-refractivity contribution in [1.82, 2.24) is 30.2 Å². The van der Waals surface area contributed by atoms with Gasteiger partial charge in [0, 0.05) is 43.5 Å². The van der Waals surface area contributed by atoms with Crippen molar-refractivity contribution < 1.29 is 105 Å². The molecule has 74 heavy (non-hydrogen) atoms. The molecule has 0 bridgehead atoms. The van der Waals surface area contributed by atoms with Gasteiger partial charge in [-0.15, -0.1) is 0 Å². The summed E-state index contributed by atoms with van der Waals surface area (Å²) in [7, 11) is -16.5. The van der Waals surface area contributed by atoms with Gasteiger partial charge in [0.25, 0.3) is 0 Å². The van der Waals surface area contributed by atoms with Crippen molar-refractivity contribution in [2.45, 2.75) is 108 Å². The minimum Gasteiger partial charge on any atom is -0.481 e. The van der Waals surface area contributed by atoms with Crippen molar-refractivity contribution in [1.29, 1.82) is 0 Å². The maximum atomic E-state index is 12.7. The number of hydrogen-bond acceptors (Lipinski definition) is 22. The number of phosphoric ester groups is 3. The van der Waals surface area contributed by atoms with E-state index in [1.54, 1.807) is 42.5 Å². The van der Waals surface area contributed by atoms with Crippen LogP contribution in [0.4, 0.5) is 5.82 Å². The number of thioether (sulfide) groups is 1. The molecule has 0 aliphatic carbocycles. The molecular formula is C41H62N7O22P3S. The van der Waals surface area contributed by atoms with Crippen molar-refractivity contribution in [3.63, 3.8) is 0 Å². The molecule has 3 heterocycles.